The van der Waals surface area contributed by atoms with Crippen LogP contribution in [0.5, 0.6) is 0 Å². The summed E-state index contributed by atoms with van der Waals surface area (Å²) in [4.78, 5) is 15.5. The van der Waals surface area contributed by atoms with Crippen molar-refractivity contribution in [2.75, 3.05) is 19.6 Å². The van der Waals surface area contributed by atoms with Gasteiger partial charge in [-0.2, -0.15) is 0 Å². The molecule has 0 spiro atoms. The number of nitrogens with two attached hydrogens (primary N) is 1. The van der Waals surface area contributed by atoms with Crippen LogP contribution in [0, 0.1) is 12.8 Å². The molecule has 1 amide bonds. The molecule has 1 aliphatic heterocycles. The number of benzene rings is 1. The highest BCUT2D eigenvalue weighted by molar-refractivity contribution is 5.89. The molecule has 3 nitrogen and oxygen atoms in total. The molecule has 1 atom stereocenters. The Morgan fingerprint density at radius 2 is 2.00 bits per heavy atom. The number of hydrogen-bond donors (Lipinski definition) is 1. The summed E-state index contributed by atoms with van der Waals surface area (Å²) >= 11 is 0. The lowest BCUT2D eigenvalue weighted by Crippen LogP contribution is -2.47. The molecule has 0 unspecified atom stereocenters. The second kappa shape index (κ2) is 6.41. The van der Waals surface area contributed by atoms with Gasteiger partial charge in [-0.15, -0.1) is 0 Å². The first kappa shape index (κ1) is 15.5. The lowest BCUT2D eigenvalue weighted by Gasteiger charge is -2.40. The third-order valence-corrected chi connectivity index (χ3v) is 5.68. The molecule has 3 heteroatoms. The summed E-state index contributed by atoms with van der Waals surface area (Å²) in [6.45, 7) is 4.57. The minimum Gasteiger partial charge on any atom is -0.342 e. The predicted molar refractivity (Wildman–Crippen MR) is 89.7 cm³/mol. The second-order valence-corrected chi connectivity index (χ2v) is 7.10. The number of aryl methyl sites for hydroxylation is 1. The minimum absolute atomic E-state index is 0.285. The van der Waals surface area contributed by atoms with E-state index in [-0.39, 0.29) is 5.41 Å². The third kappa shape index (κ3) is 2.67. The van der Waals surface area contributed by atoms with Crippen molar-refractivity contribution in [3.8, 4) is 0 Å². The summed E-state index contributed by atoms with van der Waals surface area (Å²) in [7, 11) is 0. The Morgan fingerprint density at radius 3 is 2.64 bits per heavy atom. The zero-order chi connectivity index (χ0) is 15.6. The summed E-state index contributed by atoms with van der Waals surface area (Å²) in [5, 5.41) is 0. The molecule has 120 valence electrons. The maximum absolute atomic E-state index is 13.4. The van der Waals surface area contributed by atoms with Gasteiger partial charge in [0.2, 0.25) is 5.91 Å². The van der Waals surface area contributed by atoms with Crippen LogP contribution in [0.2, 0.25) is 0 Å². The molecule has 0 radical (unpaired) electrons. The largest absolute Gasteiger partial charge is 0.342 e. The molecule has 1 heterocycles. The molecular weight excluding hydrogens is 272 g/mol. The highest BCUT2D eigenvalue weighted by Crippen LogP contribution is 2.43. The molecular formula is C19H28N2O. The smallest absolute Gasteiger partial charge is 0.233 e. The maximum atomic E-state index is 13.4. The fourth-order valence-corrected chi connectivity index (χ4v) is 4.38. The lowest BCUT2D eigenvalue weighted by atomic mass is 9.67. The van der Waals surface area contributed by atoms with E-state index in [4.69, 9.17) is 5.73 Å². The molecule has 3 rings (SSSR count). The molecule has 2 fully saturated rings. The Morgan fingerprint density at radius 1 is 1.27 bits per heavy atom. The normalized spacial score (nSPS) is 24.5. The van der Waals surface area contributed by atoms with Crippen LogP contribution >= 0.6 is 0 Å². The van der Waals surface area contributed by atoms with Gasteiger partial charge in [-0.3, -0.25) is 4.79 Å². The number of hydrogen-bond acceptors (Lipinski definition) is 2. The summed E-state index contributed by atoms with van der Waals surface area (Å²) in [6.07, 6.45) is 6.64. The highest BCUT2D eigenvalue weighted by Gasteiger charge is 2.45. The molecule has 1 aromatic carbocycles. The van der Waals surface area contributed by atoms with Crippen molar-refractivity contribution in [3.63, 3.8) is 0 Å². The van der Waals surface area contributed by atoms with Gasteiger partial charge in [0.15, 0.2) is 0 Å². The van der Waals surface area contributed by atoms with Gasteiger partial charge >= 0.3 is 0 Å². The van der Waals surface area contributed by atoms with Crippen molar-refractivity contribution < 1.29 is 4.79 Å². The van der Waals surface area contributed by atoms with Crippen LogP contribution in [-0.2, 0) is 10.2 Å². The minimum atomic E-state index is -0.285. The fourth-order valence-electron chi connectivity index (χ4n) is 4.38. The molecule has 1 saturated heterocycles. The van der Waals surface area contributed by atoms with E-state index in [1.165, 1.54) is 17.5 Å². The molecule has 22 heavy (non-hydrogen) atoms. The van der Waals surface area contributed by atoms with E-state index in [2.05, 4.69) is 36.1 Å². The Bertz CT molecular complexity index is 534. The van der Waals surface area contributed by atoms with E-state index in [9.17, 15) is 4.79 Å². The molecule has 1 aromatic rings. The topological polar surface area (TPSA) is 46.3 Å². The highest BCUT2D eigenvalue weighted by atomic mass is 16.2. The molecule has 2 N–H and O–H groups in total. The standard InChI is InChI=1S/C19H28N2O/c1-15-7-3-4-8-17(15)19(10-5-2-6-11-19)18(22)21-12-9-16(13-20)14-21/h3-4,7-8,16H,2,5-6,9-14,20H2,1H3/t16-/m0/s1. The van der Waals surface area contributed by atoms with Gasteiger partial charge in [-0.25, -0.2) is 0 Å². The molecule has 0 aromatic heterocycles. The number of rotatable bonds is 3. The number of carbonyl (C=O) groups excluding carboxylic acids is 1. The van der Waals surface area contributed by atoms with Crippen LogP contribution in [0.1, 0.15) is 49.7 Å². The van der Waals surface area contributed by atoms with Crippen LogP contribution in [-0.4, -0.2) is 30.4 Å². The Kier molecular flexibility index (Phi) is 4.53. The van der Waals surface area contributed by atoms with E-state index in [0.717, 1.165) is 45.2 Å². The molecule has 1 saturated carbocycles. The summed E-state index contributed by atoms with van der Waals surface area (Å²) in [5.41, 5.74) is 8.04. The van der Waals surface area contributed by atoms with Crippen LogP contribution in [0.25, 0.3) is 0 Å². The van der Waals surface area contributed by atoms with Crippen molar-refractivity contribution in [1.82, 2.24) is 4.90 Å². The van der Waals surface area contributed by atoms with Gasteiger partial charge in [0.05, 0.1) is 5.41 Å². The van der Waals surface area contributed by atoms with Crippen molar-refractivity contribution in [3.05, 3.63) is 35.4 Å². The number of carbonyl (C=O) groups is 1. The van der Waals surface area contributed by atoms with E-state index in [1.54, 1.807) is 0 Å². The SMILES string of the molecule is Cc1ccccc1C1(C(=O)N2CC[C@@H](CN)C2)CCCCC1. The van der Waals surface area contributed by atoms with Crippen molar-refractivity contribution in [1.29, 1.82) is 0 Å². The number of amides is 1. The van der Waals surface area contributed by atoms with E-state index >= 15 is 0 Å². The average molecular weight is 300 g/mol. The van der Waals surface area contributed by atoms with Gasteiger partial charge in [0, 0.05) is 13.1 Å². The summed E-state index contributed by atoms with van der Waals surface area (Å²) in [6, 6.07) is 8.47. The van der Waals surface area contributed by atoms with Crippen LogP contribution in [0.15, 0.2) is 24.3 Å². The quantitative estimate of drug-likeness (QED) is 0.932. The summed E-state index contributed by atoms with van der Waals surface area (Å²) < 4.78 is 0. The van der Waals surface area contributed by atoms with E-state index in [0.29, 0.717) is 18.4 Å². The van der Waals surface area contributed by atoms with Crippen LogP contribution < -0.4 is 5.73 Å². The predicted octanol–water partition coefficient (Wildman–Crippen LogP) is 3.00. The number of likely N-dealkylation sites (tertiary alicyclic amines) is 1. The van der Waals surface area contributed by atoms with Gasteiger partial charge in [0.1, 0.15) is 0 Å². The average Bonchev–Trinajstić information content (AvgIpc) is 3.04. The first-order valence-electron chi connectivity index (χ1n) is 8.73. The van der Waals surface area contributed by atoms with Crippen molar-refractivity contribution in [2.45, 2.75) is 50.9 Å². The van der Waals surface area contributed by atoms with Gasteiger partial charge < -0.3 is 10.6 Å². The third-order valence-electron chi connectivity index (χ3n) is 5.68. The fraction of sp³-hybridized carbons (Fsp3) is 0.632. The zero-order valence-corrected chi connectivity index (χ0v) is 13.7. The monoisotopic (exact) mass is 300 g/mol. The van der Waals surface area contributed by atoms with Crippen LogP contribution in [0.3, 0.4) is 0 Å². The first-order valence-corrected chi connectivity index (χ1v) is 8.73. The molecule has 0 bridgehead atoms. The summed E-state index contributed by atoms with van der Waals surface area (Å²) in [5.74, 6) is 0.846. The van der Waals surface area contributed by atoms with Gasteiger partial charge in [-0.1, -0.05) is 43.5 Å². The van der Waals surface area contributed by atoms with Gasteiger partial charge in [0.25, 0.3) is 0 Å². The maximum Gasteiger partial charge on any atom is 0.233 e. The van der Waals surface area contributed by atoms with E-state index < -0.39 is 0 Å². The number of nitrogens with zero attached hydrogens (tertiary/aromatic N) is 1. The lowest BCUT2D eigenvalue weighted by molar-refractivity contribution is -0.138. The van der Waals surface area contributed by atoms with Crippen molar-refractivity contribution >= 4 is 5.91 Å². The van der Waals surface area contributed by atoms with Crippen molar-refractivity contribution in [2.24, 2.45) is 11.7 Å². The zero-order valence-electron chi connectivity index (χ0n) is 13.7. The van der Waals surface area contributed by atoms with E-state index in [1.807, 2.05) is 0 Å². The Labute approximate surface area is 133 Å². The molecule has 2 aliphatic rings. The molecule has 1 aliphatic carbocycles. The first-order chi connectivity index (χ1) is 10.7. The Balaban J connectivity index is 1.93. The second-order valence-electron chi connectivity index (χ2n) is 7.10. The Hall–Kier alpha value is -1.35. The van der Waals surface area contributed by atoms with Crippen LogP contribution in [0.4, 0.5) is 0 Å². The van der Waals surface area contributed by atoms with Gasteiger partial charge in [-0.05, 0) is 49.8 Å².